The Kier molecular flexibility index (Phi) is 3.21. The monoisotopic (exact) mass is 241 g/mol. The van der Waals surface area contributed by atoms with E-state index in [2.05, 4.69) is 0 Å². The van der Waals surface area contributed by atoms with Crippen LogP contribution in [0.25, 0.3) is 0 Å². The quantitative estimate of drug-likeness (QED) is 0.826. The van der Waals surface area contributed by atoms with E-state index < -0.39 is 12.0 Å². The highest BCUT2D eigenvalue weighted by Crippen LogP contribution is 2.14. The van der Waals surface area contributed by atoms with Crippen LogP contribution in [-0.4, -0.2) is 47.7 Å². The molecule has 1 aliphatic rings. The van der Waals surface area contributed by atoms with Gasteiger partial charge in [0.05, 0.1) is 18.8 Å². The highest BCUT2D eigenvalue weighted by molar-refractivity contribution is 7.08. The molecule has 5 nitrogen and oxygen atoms in total. The van der Waals surface area contributed by atoms with Gasteiger partial charge in [-0.3, -0.25) is 4.79 Å². The molecular weight excluding hydrogens is 230 g/mol. The van der Waals surface area contributed by atoms with Crippen LogP contribution in [0.3, 0.4) is 0 Å². The van der Waals surface area contributed by atoms with Crippen molar-refractivity contribution in [1.29, 1.82) is 0 Å². The third-order valence-electron chi connectivity index (χ3n) is 2.44. The molecule has 0 aliphatic carbocycles. The normalized spacial score (nSPS) is 20.8. The summed E-state index contributed by atoms with van der Waals surface area (Å²) in [5.74, 6) is -1.26. The topological polar surface area (TPSA) is 66.8 Å². The van der Waals surface area contributed by atoms with Gasteiger partial charge >= 0.3 is 5.97 Å². The molecular formula is C10H11NO4S. The van der Waals surface area contributed by atoms with E-state index in [4.69, 9.17) is 9.84 Å². The Morgan fingerprint density at radius 3 is 3.00 bits per heavy atom. The van der Waals surface area contributed by atoms with Gasteiger partial charge in [0.2, 0.25) is 0 Å². The first-order chi connectivity index (χ1) is 7.70. The minimum Gasteiger partial charge on any atom is -0.480 e. The van der Waals surface area contributed by atoms with E-state index in [0.29, 0.717) is 18.7 Å². The Balaban J connectivity index is 2.17. The van der Waals surface area contributed by atoms with Crippen molar-refractivity contribution in [3.8, 4) is 0 Å². The molecule has 0 aromatic carbocycles. The molecule has 2 heterocycles. The average molecular weight is 241 g/mol. The van der Waals surface area contributed by atoms with Crippen molar-refractivity contribution >= 4 is 23.2 Å². The van der Waals surface area contributed by atoms with Crippen molar-refractivity contribution < 1.29 is 19.4 Å². The summed E-state index contributed by atoms with van der Waals surface area (Å²) in [7, 11) is 0. The van der Waals surface area contributed by atoms with Gasteiger partial charge in [-0.25, -0.2) is 4.79 Å². The Morgan fingerprint density at radius 2 is 2.38 bits per heavy atom. The molecule has 0 spiro atoms. The molecule has 86 valence electrons. The molecule has 0 bridgehead atoms. The Hall–Kier alpha value is -1.40. The predicted octanol–water partition coefficient (Wildman–Crippen LogP) is 0.674. The first-order valence-electron chi connectivity index (χ1n) is 4.84. The number of hydrogen-bond donors (Lipinski definition) is 1. The molecule has 1 fully saturated rings. The lowest BCUT2D eigenvalue weighted by atomic mass is 10.2. The zero-order chi connectivity index (χ0) is 11.5. The predicted molar refractivity (Wildman–Crippen MR) is 57.6 cm³/mol. The molecule has 16 heavy (non-hydrogen) atoms. The van der Waals surface area contributed by atoms with E-state index >= 15 is 0 Å². The summed E-state index contributed by atoms with van der Waals surface area (Å²) in [4.78, 5) is 24.3. The van der Waals surface area contributed by atoms with E-state index in [-0.39, 0.29) is 12.5 Å². The van der Waals surface area contributed by atoms with Crippen molar-refractivity contribution in [1.82, 2.24) is 4.90 Å². The molecule has 1 unspecified atom stereocenters. The second-order valence-electron chi connectivity index (χ2n) is 3.44. The van der Waals surface area contributed by atoms with Gasteiger partial charge in [-0.2, -0.15) is 11.3 Å². The van der Waals surface area contributed by atoms with E-state index in [9.17, 15) is 9.59 Å². The lowest BCUT2D eigenvalue weighted by molar-refractivity contribution is -0.147. The fourth-order valence-corrected chi connectivity index (χ4v) is 2.23. The minimum atomic E-state index is -1.02. The molecule has 1 amide bonds. The van der Waals surface area contributed by atoms with Crippen LogP contribution in [0.4, 0.5) is 0 Å². The Bertz CT molecular complexity index is 390. The summed E-state index contributed by atoms with van der Waals surface area (Å²) in [5, 5.41) is 12.5. The van der Waals surface area contributed by atoms with Crippen molar-refractivity contribution in [2.45, 2.75) is 6.04 Å². The largest absolute Gasteiger partial charge is 0.480 e. The molecule has 1 atom stereocenters. The van der Waals surface area contributed by atoms with Crippen LogP contribution in [0.15, 0.2) is 16.8 Å². The Labute approximate surface area is 96.2 Å². The number of hydrogen-bond acceptors (Lipinski definition) is 4. The molecule has 1 aromatic rings. The maximum absolute atomic E-state index is 12.0. The Morgan fingerprint density at radius 1 is 1.56 bits per heavy atom. The van der Waals surface area contributed by atoms with Crippen LogP contribution in [0.2, 0.25) is 0 Å². The summed E-state index contributed by atoms with van der Waals surface area (Å²) in [6.07, 6.45) is 0. The number of morpholine rings is 1. The third-order valence-corrected chi connectivity index (χ3v) is 3.13. The molecule has 1 aliphatic heterocycles. The smallest absolute Gasteiger partial charge is 0.328 e. The van der Waals surface area contributed by atoms with Crippen molar-refractivity contribution in [2.24, 2.45) is 0 Å². The van der Waals surface area contributed by atoms with E-state index in [1.54, 1.807) is 16.8 Å². The summed E-state index contributed by atoms with van der Waals surface area (Å²) >= 11 is 1.42. The lowest BCUT2D eigenvalue weighted by Gasteiger charge is -2.32. The highest BCUT2D eigenvalue weighted by atomic mass is 32.1. The zero-order valence-corrected chi connectivity index (χ0v) is 9.27. The lowest BCUT2D eigenvalue weighted by Crippen LogP contribution is -2.52. The van der Waals surface area contributed by atoms with Crippen LogP contribution in [0.1, 0.15) is 10.4 Å². The summed E-state index contributed by atoms with van der Waals surface area (Å²) in [6, 6.07) is 0.822. The number of rotatable bonds is 2. The van der Waals surface area contributed by atoms with Crippen molar-refractivity contribution in [2.75, 3.05) is 19.8 Å². The maximum atomic E-state index is 12.0. The highest BCUT2D eigenvalue weighted by Gasteiger charge is 2.33. The van der Waals surface area contributed by atoms with Crippen LogP contribution in [0, 0.1) is 0 Å². The van der Waals surface area contributed by atoms with Crippen molar-refractivity contribution in [3.63, 3.8) is 0 Å². The minimum absolute atomic E-state index is 0.0607. The SMILES string of the molecule is O=C(O)C1COCCN1C(=O)c1ccsc1. The van der Waals surface area contributed by atoms with Gasteiger partial charge in [0.1, 0.15) is 0 Å². The first-order valence-corrected chi connectivity index (χ1v) is 5.78. The van der Waals surface area contributed by atoms with Gasteiger partial charge < -0.3 is 14.7 Å². The second-order valence-corrected chi connectivity index (χ2v) is 4.22. The number of carbonyl (C=O) groups excluding carboxylic acids is 1. The first kappa shape index (κ1) is 11.1. The standard InChI is InChI=1S/C10H11NO4S/c12-9(7-1-4-16-6-7)11-2-3-15-5-8(11)10(13)14/h1,4,6,8H,2-3,5H2,(H,13,14). The van der Waals surface area contributed by atoms with Crippen LogP contribution >= 0.6 is 11.3 Å². The molecule has 2 rings (SSSR count). The number of carboxylic acids is 1. The van der Waals surface area contributed by atoms with E-state index in [1.165, 1.54) is 16.2 Å². The molecule has 1 saturated heterocycles. The van der Waals surface area contributed by atoms with E-state index in [1.807, 2.05) is 0 Å². The number of carbonyl (C=O) groups is 2. The summed E-state index contributed by atoms with van der Waals surface area (Å²) in [5.41, 5.74) is 0.540. The van der Waals surface area contributed by atoms with Gasteiger partial charge in [0.25, 0.3) is 5.91 Å². The fraction of sp³-hybridized carbons (Fsp3) is 0.400. The molecule has 6 heteroatoms. The van der Waals surface area contributed by atoms with Gasteiger partial charge in [-0.15, -0.1) is 0 Å². The number of ether oxygens (including phenoxy) is 1. The molecule has 1 N–H and O–H groups in total. The van der Waals surface area contributed by atoms with Crippen LogP contribution in [0.5, 0.6) is 0 Å². The number of carboxylic acid groups (broad SMARTS) is 1. The van der Waals surface area contributed by atoms with Gasteiger partial charge in [-0.1, -0.05) is 0 Å². The fourth-order valence-electron chi connectivity index (χ4n) is 1.60. The number of nitrogens with zero attached hydrogens (tertiary/aromatic N) is 1. The van der Waals surface area contributed by atoms with Gasteiger partial charge in [0.15, 0.2) is 6.04 Å². The molecule has 0 radical (unpaired) electrons. The number of aliphatic carboxylic acids is 1. The summed E-state index contributed by atoms with van der Waals surface area (Å²) in [6.45, 7) is 0.774. The maximum Gasteiger partial charge on any atom is 0.328 e. The average Bonchev–Trinajstić information content (AvgIpc) is 2.81. The van der Waals surface area contributed by atoms with Crippen molar-refractivity contribution in [3.05, 3.63) is 22.4 Å². The van der Waals surface area contributed by atoms with Gasteiger partial charge in [-0.05, 0) is 11.4 Å². The van der Waals surface area contributed by atoms with Gasteiger partial charge in [0, 0.05) is 11.9 Å². The van der Waals surface area contributed by atoms with Crippen LogP contribution in [-0.2, 0) is 9.53 Å². The van der Waals surface area contributed by atoms with E-state index in [0.717, 1.165) is 0 Å². The third kappa shape index (κ3) is 2.07. The second kappa shape index (κ2) is 4.63. The molecule has 0 saturated carbocycles. The number of thiophene rings is 1. The molecule has 1 aromatic heterocycles. The zero-order valence-electron chi connectivity index (χ0n) is 8.46. The number of amides is 1. The summed E-state index contributed by atoms with van der Waals surface area (Å²) < 4.78 is 5.07. The van der Waals surface area contributed by atoms with Crippen LogP contribution < -0.4 is 0 Å².